The van der Waals surface area contributed by atoms with Crippen LogP contribution >= 0.6 is 0 Å². The molecule has 4 N–H and O–H groups in total. The molecule has 2 saturated heterocycles. The number of likely N-dealkylation sites (tertiary alicyclic amines) is 2. The van der Waals surface area contributed by atoms with E-state index in [1.54, 1.807) is 4.90 Å². The minimum absolute atomic E-state index is 0.0849. The molecule has 1 saturated carbocycles. The number of nitriles is 1. The van der Waals surface area contributed by atoms with E-state index in [1.165, 1.54) is 25.7 Å². The SMILES string of the molecule is N#C[C@@H]1CCCN1C(=O)CNC1CCC2(CC1)CCN(CCO)CC2.O=C(O)C(F)(F)F.O=C(O)C(F)(F)F. The summed E-state index contributed by atoms with van der Waals surface area (Å²) in [5, 5.41) is 35.9. The molecule has 1 atom stereocenters. The van der Waals surface area contributed by atoms with Crippen LogP contribution in [-0.2, 0) is 14.4 Å². The fourth-order valence-electron chi connectivity index (χ4n) is 4.86. The van der Waals surface area contributed by atoms with E-state index < -0.39 is 24.3 Å². The number of hydrogen-bond donors (Lipinski definition) is 4. The van der Waals surface area contributed by atoms with Gasteiger partial charge in [0, 0.05) is 19.1 Å². The smallest absolute Gasteiger partial charge is 0.475 e. The molecule has 0 aromatic rings. The highest BCUT2D eigenvalue weighted by molar-refractivity contribution is 5.79. The van der Waals surface area contributed by atoms with Gasteiger partial charge in [-0.05, 0) is 69.9 Å². The molecule has 1 amide bonds. The van der Waals surface area contributed by atoms with Gasteiger partial charge >= 0.3 is 24.3 Å². The zero-order valence-corrected chi connectivity index (χ0v) is 21.2. The number of carboxylic acids is 2. The fourth-order valence-corrected chi connectivity index (χ4v) is 4.86. The maximum absolute atomic E-state index is 12.3. The first-order valence-electron chi connectivity index (χ1n) is 12.4. The maximum Gasteiger partial charge on any atom is 0.490 e. The Hall–Kier alpha value is -2.64. The van der Waals surface area contributed by atoms with E-state index in [0.717, 1.165) is 51.9 Å². The average molecular weight is 577 g/mol. The van der Waals surface area contributed by atoms with Crippen molar-refractivity contribution in [2.24, 2.45) is 5.41 Å². The highest BCUT2D eigenvalue weighted by Gasteiger charge is 2.39. The van der Waals surface area contributed by atoms with Crippen LogP contribution in [0.1, 0.15) is 51.4 Å². The lowest BCUT2D eigenvalue weighted by Gasteiger charge is -2.46. The molecule has 2 aliphatic heterocycles. The quantitative estimate of drug-likeness (QED) is 0.361. The van der Waals surface area contributed by atoms with Gasteiger partial charge in [-0.15, -0.1) is 0 Å². The Balaban J connectivity index is 0.000000449. The first kappa shape index (κ1) is 34.4. The van der Waals surface area contributed by atoms with E-state index in [2.05, 4.69) is 16.3 Å². The van der Waals surface area contributed by atoms with Gasteiger partial charge in [0.15, 0.2) is 0 Å². The van der Waals surface area contributed by atoms with Gasteiger partial charge in [-0.1, -0.05) is 0 Å². The highest BCUT2D eigenvalue weighted by atomic mass is 19.4. The number of aliphatic hydroxyl groups is 1. The summed E-state index contributed by atoms with van der Waals surface area (Å²) in [6.45, 7) is 4.40. The lowest BCUT2D eigenvalue weighted by atomic mass is 9.67. The molecule has 0 bridgehead atoms. The summed E-state index contributed by atoms with van der Waals surface area (Å²) in [7, 11) is 0. The van der Waals surface area contributed by atoms with E-state index >= 15 is 0 Å². The zero-order valence-electron chi connectivity index (χ0n) is 21.2. The van der Waals surface area contributed by atoms with E-state index in [9.17, 15) is 31.1 Å². The Labute approximate surface area is 221 Å². The van der Waals surface area contributed by atoms with Crippen LogP contribution in [0.2, 0.25) is 0 Å². The van der Waals surface area contributed by atoms with E-state index in [0.29, 0.717) is 18.0 Å². The number of alkyl halides is 6. The predicted octanol–water partition coefficient (Wildman–Crippen LogP) is 2.37. The predicted molar refractivity (Wildman–Crippen MR) is 123 cm³/mol. The van der Waals surface area contributed by atoms with E-state index in [1.807, 2.05) is 0 Å². The molecule has 1 aliphatic carbocycles. The fraction of sp³-hybridized carbons (Fsp3) is 0.826. The standard InChI is InChI=1S/C19H32N4O2.2C2HF3O2/c20-14-17-2-1-9-23(17)18(25)15-21-16-3-5-19(6-4-16)7-10-22(11-8-19)12-13-24;2*3-2(4,5)1(6)7/h16-17,21,24H,1-13,15H2;2*(H,6,7)/t17-;;/m0../s1. The largest absolute Gasteiger partial charge is 0.490 e. The number of carbonyl (C=O) groups is 3. The minimum atomic E-state index is -5.08. The molecular weight excluding hydrogens is 542 g/mol. The van der Waals surface area contributed by atoms with Gasteiger partial charge in [0.1, 0.15) is 6.04 Å². The van der Waals surface area contributed by atoms with Crippen molar-refractivity contribution in [2.45, 2.75) is 75.8 Å². The van der Waals surface area contributed by atoms with Crippen LogP contribution in [-0.4, -0.2) is 107 Å². The second-order valence-electron chi connectivity index (χ2n) is 9.70. The number of nitrogens with one attached hydrogen (secondary N) is 1. The average Bonchev–Trinajstić information content (AvgIpc) is 3.34. The molecule has 1 spiro atoms. The number of hydrogen-bond acceptors (Lipinski definition) is 7. The summed E-state index contributed by atoms with van der Waals surface area (Å²) in [5.74, 6) is -5.43. The molecule has 39 heavy (non-hydrogen) atoms. The molecular formula is C23H34F6N4O6. The van der Waals surface area contributed by atoms with Crippen LogP contribution in [0, 0.1) is 16.7 Å². The van der Waals surface area contributed by atoms with E-state index in [-0.39, 0.29) is 18.6 Å². The summed E-state index contributed by atoms with van der Waals surface area (Å²) in [6, 6.07) is 2.47. The van der Waals surface area contributed by atoms with E-state index in [4.69, 9.17) is 30.2 Å². The number of β-amino-alcohol motifs (C(OH)–C–C–N with tert-alkyl or cyclic N) is 1. The topological polar surface area (TPSA) is 154 Å². The van der Waals surface area contributed by atoms with Crippen LogP contribution in [0.3, 0.4) is 0 Å². The number of amides is 1. The Morgan fingerprint density at radius 1 is 0.897 bits per heavy atom. The van der Waals surface area contributed by atoms with Crippen LogP contribution in [0.5, 0.6) is 0 Å². The van der Waals surface area contributed by atoms with Crippen molar-refractivity contribution in [3.8, 4) is 6.07 Å². The summed E-state index contributed by atoms with van der Waals surface area (Å²) in [6.07, 6.45) is -1.12. The molecule has 3 aliphatic rings. The lowest BCUT2D eigenvalue weighted by molar-refractivity contribution is -0.193. The number of carbonyl (C=O) groups excluding carboxylic acids is 1. The lowest BCUT2D eigenvalue weighted by Crippen LogP contribution is -2.47. The maximum atomic E-state index is 12.3. The van der Waals surface area contributed by atoms with Gasteiger partial charge in [0.05, 0.1) is 19.2 Å². The first-order valence-corrected chi connectivity index (χ1v) is 12.4. The van der Waals surface area contributed by atoms with Gasteiger partial charge in [-0.2, -0.15) is 31.6 Å². The number of nitrogens with zero attached hydrogens (tertiary/aromatic N) is 3. The summed E-state index contributed by atoms with van der Waals surface area (Å²) in [5.41, 5.74) is 0.495. The second-order valence-corrected chi connectivity index (χ2v) is 9.70. The van der Waals surface area contributed by atoms with Crippen molar-refractivity contribution in [3.63, 3.8) is 0 Å². The summed E-state index contributed by atoms with van der Waals surface area (Å²) >= 11 is 0. The van der Waals surface area contributed by atoms with Crippen LogP contribution < -0.4 is 5.32 Å². The Bertz CT molecular complexity index is 822. The van der Waals surface area contributed by atoms with Crippen molar-refractivity contribution >= 4 is 17.8 Å². The summed E-state index contributed by atoms with van der Waals surface area (Å²) < 4.78 is 63.5. The third-order valence-corrected chi connectivity index (χ3v) is 7.13. The van der Waals surface area contributed by atoms with Gasteiger partial charge in [0.2, 0.25) is 5.91 Å². The molecule has 224 valence electrons. The number of rotatable bonds is 5. The first-order chi connectivity index (χ1) is 18.0. The molecule has 0 unspecified atom stereocenters. The number of halogens is 6. The van der Waals surface area contributed by atoms with Gasteiger partial charge in [-0.3, -0.25) is 4.79 Å². The molecule has 16 heteroatoms. The number of piperidine rings is 1. The van der Waals surface area contributed by atoms with Crippen molar-refractivity contribution in [1.82, 2.24) is 15.1 Å². The second kappa shape index (κ2) is 15.2. The number of carboxylic acid groups (broad SMARTS) is 2. The molecule has 0 radical (unpaired) electrons. The summed E-state index contributed by atoms with van der Waals surface area (Å²) in [4.78, 5) is 34.2. The van der Waals surface area contributed by atoms with Gasteiger partial charge in [0.25, 0.3) is 0 Å². The molecule has 10 nitrogen and oxygen atoms in total. The minimum Gasteiger partial charge on any atom is -0.475 e. The molecule has 0 aromatic heterocycles. The Morgan fingerprint density at radius 2 is 1.38 bits per heavy atom. The van der Waals surface area contributed by atoms with Crippen molar-refractivity contribution in [3.05, 3.63) is 0 Å². The number of aliphatic carboxylic acids is 2. The van der Waals surface area contributed by atoms with Crippen molar-refractivity contribution < 1.29 is 56.0 Å². The van der Waals surface area contributed by atoms with Crippen LogP contribution in [0.15, 0.2) is 0 Å². The third-order valence-electron chi connectivity index (χ3n) is 7.13. The van der Waals surface area contributed by atoms with Crippen LogP contribution in [0.4, 0.5) is 26.3 Å². The zero-order chi connectivity index (χ0) is 29.9. The van der Waals surface area contributed by atoms with Crippen LogP contribution in [0.25, 0.3) is 0 Å². The molecule has 0 aromatic carbocycles. The monoisotopic (exact) mass is 576 g/mol. The third kappa shape index (κ3) is 12.0. The highest BCUT2D eigenvalue weighted by Crippen LogP contribution is 2.44. The number of aliphatic hydroxyl groups excluding tert-OH is 1. The van der Waals surface area contributed by atoms with Crippen molar-refractivity contribution in [2.75, 3.05) is 39.3 Å². The molecule has 2 heterocycles. The molecule has 3 rings (SSSR count). The molecule has 3 fully saturated rings. The van der Waals surface area contributed by atoms with Crippen molar-refractivity contribution in [1.29, 1.82) is 5.26 Å². The van der Waals surface area contributed by atoms with Gasteiger partial charge in [-0.25, -0.2) is 9.59 Å². The normalized spacial score (nSPS) is 21.7. The Morgan fingerprint density at radius 3 is 1.79 bits per heavy atom. The van der Waals surface area contributed by atoms with Gasteiger partial charge < -0.3 is 30.4 Å². The Kier molecular flexibility index (Phi) is 13.4.